The number of nitrogens with one attached hydrogen (secondary N) is 4. The van der Waals surface area contributed by atoms with Crippen molar-refractivity contribution in [1.82, 2.24) is 26.5 Å². The molecule has 4 rings (SSSR count). The fraction of sp³-hybridized carbons (Fsp3) is 0.696. The lowest BCUT2D eigenvalue weighted by molar-refractivity contribution is -0.121. The number of pyridine rings is 1. The number of hydrogen-bond acceptors (Lipinski definition) is 7. The monoisotopic (exact) mass is 445 g/mol. The fourth-order valence-electron chi connectivity index (χ4n) is 5.04. The maximum absolute atomic E-state index is 12.4. The van der Waals surface area contributed by atoms with Crippen molar-refractivity contribution in [3.05, 3.63) is 29.6 Å². The van der Waals surface area contributed by atoms with E-state index in [-0.39, 0.29) is 42.5 Å². The normalized spacial score (nSPS) is 32.4. The average Bonchev–Trinajstić information content (AvgIpc) is 3.41. The highest BCUT2D eigenvalue weighted by molar-refractivity contribution is 5.78. The molecule has 0 spiro atoms. The van der Waals surface area contributed by atoms with Gasteiger partial charge >= 0.3 is 6.09 Å². The molecule has 1 aromatic rings. The summed E-state index contributed by atoms with van der Waals surface area (Å²) in [7, 11) is 0. The van der Waals surface area contributed by atoms with Crippen LogP contribution in [0.1, 0.15) is 62.6 Å². The minimum atomic E-state index is -0.342. The van der Waals surface area contributed by atoms with Crippen LogP contribution in [0.5, 0.6) is 0 Å². The highest BCUT2D eigenvalue weighted by Crippen LogP contribution is 2.33. The van der Waals surface area contributed by atoms with Crippen LogP contribution < -0.4 is 21.5 Å². The zero-order valence-electron chi connectivity index (χ0n) is 18.7. The van der Waals surface area contributed by atoms with Crippen LogP contribution in [0.3, 0.4) is 0 Å². The number of aliphatic hydroxyl groups is 1. The molecule has 9 nitrogen and oxygen atoms in total. The number of hydrogen-bond donors (Lipinski definition) is 5. The number of aromatic nitrogens is 1. The van der Waals surface area contributed by atoms with Gasteiger partial charge in [0.05, 0.1) is 18.7 Å². The van der Waals surface area contributed by atoms with Crippen LogP contribution in [0.25, 0.3) is 0 Å². The van der Waals surface area contributed by atoms with Crippen LogP contribution in [0.15, 0.2) is 18.3 Å². The first-order valence-electron chi connectivity index (χ1n) is 11.8. The largest absolute Gasteiger partial charge is 0.446 e. The zero-order chi connectivity index (χ0) is 22.5. The molecule has 176 valence electrons. The van der Waals surface area contributed by atoms with Crippen molar-refractivity contribution in [3.8, 4) is 0 Å². The van der Waals surface area contributed by atoms with Crippen LogP contribution >= 0.6 is 0 Å². The molecular weight excluding hydrogens is 410 g/mol. The Morgan fingerprint density at radius 1 is 1.09 bits per heavy atom. The Morgan fingerprint density at radius 3 is 2.66 bits per heavy atom. The van der Waals surface area contributed by atoms with Crippen LogP contribution in [0.4, 0.5) is 4.79 Å². The molecule has 0 aromatic carbocycles. The lowest BCUT2D eigenvalue weighted by Gasteiger charge is -2.26. The second kappa shape index (κ2) is 10.6. The zero-order valence-corrected chi connectivity index (χ0v) is 18.7. The fourth-order valence-corrected chi connectivity index (χ4v) is 5.04. The van der Waals surface area contributed by atoms with E-state index in [0.29, 0.717) is 12.3 Å². The summed E-state index contributed by atoms with van der Waals surface area (Å²) >= 11 is 0. The molecule has 3 fully saturated rings. The van der Waals surface area contributed by atoms with Crippen molar-refractivity contribution < 1.29 is 19.4 Å². The number of ether oxygens (including phenoxy) is 1. The van der Waals surface area contributed by atoms with Gasteiger partial charge < -0.3 is 20.5 Å². The van der Waals surface area contributed by atoms with Crippen molar-refractivity contribution in [2.24, 2.45) is 5.92 Å². The van der Waals surface area contributed by atoms with E-state index in [1.807, 2.05) is 19.1 Å². The van der Waals surface area contributed by atoms with E-state index in [4.69, 9.17) is 4.74 Å². The number of aliphatic hydroxyl groups excluding tert-OH is 1. The minimum Gasteiger partial charge on any atom is -0.446 e. The maximum atomic E-state index is 12.4. The van der Waals surface area contributed by atoms with Crippen molar-refractivity contribution >= 4 is 12.0 Å². The van der Waals surface area contributed by atoms with Gasteiger partial charge in [0.25, 0.3) is 0 Å². The van der Waals surface area contributed by atoms with E-state index in [1.165, 1.54) is 0 Å². The number of rotatable bonds is 6. The van der Waals surface area contributed by atoms with Gasteiger partial charge in [0.2, 0.25) is 5.91 Å². The third-order valence-corrected chi connectivity index (χ3v) is 6.89. The second-order valence-corrected chi connectivity index (χ2v) is 9.49. The molecule has 2 saturated carbocycles. The molecule has 4 atom stereocenters. The summed E-state index contributed by atoms with van der Waals surface area (Å²) in [5.41, 5.74) is 8.33. The standard InChI is InChI=1S/C23H35N5O4/c1-14-2-3-15(13-24-14)10-22(30)26-21-12-20(27-28-21)16-4-9-19(11-16)32-23(31)25-17-5-7-18(29)8-6-17/h2-3,13,16-21,27-29H,4-12H2,1H3,(H,25,31)(H,26,30)/t16-,17?,18?,19+,20?,21?/m1/s1. The maximum Gasteiger partial charge on any atom is 0.407 e. The van der Waals surface area contributed by atoms with Crippen molar-refractivity contribution in [2.45, 2.75) is 95.2 Å². The summed E-state index contributed by atoms with van der Waals surface area (Å²) in [5.74, 6) is 0.364. The first-order chi connectivity index (χ1) is 15.4. The Labute approximate surface area is 189 Å². The van der Waals surface area contributed by atoms with Gasteiger partial charge in [-0.25, -0.2) is 10.2 Å². The van der Waals surface area contributed by atoms with Crippen molar-refractivity contribution in [1.29, 1.82) is 0 Å². The predicted molar refractivity (Wildman–Crippen MR) is 118 cm³/mol. The number of nitrogens with zero attached hydrogens (tertiary/aromatic N) is 1. The molecule has 2 heterocycles. The number of aryl methyl sites for hydroxylation is 1. The number of amides is 2. The van der Waals surface area contributed by atoms with Gasteiger partial charge in [-0.05, 0) is 75.8 Å². The summed E-state index contributed by atoms with van der Waals surface area (Å²) in [6.45, 7) is 1.92. The lowest BCUT2D eigenvalue weighted by Crippen LogP contribution is -2.45. The average molecular weight is 446 g/mol. The molecule has 1 saturated heterocycles. The van der Waals surface area contributed by atoms with Crippen LogP contribution in [-0.2, 0) is 16.0 Å². The Bertz CT molecular complexity index is 781. The Morgan fingerprint density at radius 2 is 1.91 bits per heavy atom. The van der Waals surface area contributed by atoms with Gasteiger partial charge in [0.15, 0.2) is 0 Å². The third kappa shape index (κ3) is 6.40. The van der Waals surface area contributed by atoms with Gasteiger partial charge in [-0.15, -0.1) is 0 Å². The van der Waals surface area contributed by atoms with Crippen LogP contribution in [-0.4, -0.2) is 52.5 Å². The van der Waals surface area contributed by atoms with Gasteiger partial charge in [-0.3, -0.25) is 15.2 Å². The summed E-state index contributed by atoms with van der Waals surface area (Å²) in [6.07, 6.45) is 7.82. The molecule has 1 aliphatic heterocycles. The topological polar surface area (TPSA) is 125 Å². The molecule has 0 radical (unpaired) electrons. The summed E-state index contributed by atoms with van der Waals surface area (Å²) in [6, 6.07) is 4.17. The first-order valence-corrected chi connectivity index (χ1v) is 11.8. The van der Waals surface area contributed by atoms with Crippen molar-refractivity contribution in [3.63, 3.8) is 0 Å². The highest BCUT2D eigenvalue weighted by atomic mass is 16.6. The third-order valence-electron chi connectivity index (χ3n) is 6.89. The minimum absolute atomic E-state index is 0.0323. The molecular formula is C23H35N5O4. The molecule has 3 aliphatic rings. The number of hydrazine groups is 1. The molecule has 2 unspecified atom stereocenters. The van der Waals surface area contributed by atoms with Gasteiger partial charge in [0.1, 0.15) is 6.10 Å². The predicted octanol–water partition coefficient (Wildman–Crippen LogP) is 1.44. The van der Waals surface area contributed by atoms with E-state index in [9.17, 15) is 14.7 Å². The van der Waals surface area contributed by atoms with E-state index < -0.39 is 0 Å². The highest BCUT2D eigenvalue weighted by Gasteiger charge is 2.37. The molecule has 0 bridgehead atoms. The van der Waals surface area contributed by atoms with E-state index in [0.717, 1.165) is 62.6 Å². The van der Waals surface area contributed by atoms with Gasteiger partial charge in [0, 0.05) is 24.0 Å². The van der Waals surface area contributed by atoms with E-state index >= 15 is 0 Å². The molecule has 1 aromatic heterocycles. The molecule has 5 N–H and O–H groups in total. The Hall–Kier alpha value is -2.23. The van der Waals surface area contributed by atoms with Crippen molar-refractivity contribution in [2.75, 3.05) is 0 Å². The number of carbonyl (C=O) groups excluding carboxylic acids is 2. The summed E-state index contributed by atoms with van der Waals surface area (Å²) in [5, 5.41) is 15.6. The van der Waals surface area contributed by atoms with Crippen LogP contribution in [0.2, 0.25) is 0 Å². The van der Waals surface area contributed by atoms with E-state index in [1.54, 1.807) is 6.20 Å². The molecule has 2 amide bonds. The van der Waals surface area contributed by atoms with Gasteiger partial charge in [-0.2, -0.15) is 0 Å². The molecule has 2 aliphatic carbocycles. The Kier molecular flexibility index (Phi) is 7.59. The quantitative estimate of drug-likeness (QED) is 0.449. The van der Waals surface area contributed by atoms with E-state index in [2.05, 4.69) is 26.5 Å². The SMILES string of the molecule is Cc1ccc(CC(=O)NC2CC([C@@H]3CC[C@H](OC(=O)NC4CCC(O)CC4)C3)NN2)cn1. The summed E-state index contributed by atoms with van der Waals surface area (Å²) in [4.78, 5) is 28.8. The lowest BCUT2D eigenvalue weighted by atomic mass is 9.93. The molecule has 32 heavy (non-hydrogen) atoms. The van der Waals surface area contributed by atoms with Crippen LogP contribution in [0, 0.1) is 12.8 Å². The number of alkyl carbamates (subject to hydrolysis) is 1. The second-order valence-electron chi connectivity index (χ2n) is 9.49. The molecule has 9 heteroatoms. The smallest absolute Gasteiger partial charge is 0.407 e. The first kappa shape index (κ1) is 22.9. The van der Waals surface area contributed by atoms with Gasteiger partial charge in [-0.1, -0.05) is 6.07 Å². The Balaban J connectivity index is 1.15. The summed E-state index contributed by atoms with van der Waals surface area (Å²) < 4.78 is 5.66. The number of carbonyl (C=O) groups is 2.